The molecule has 2 amide bonds. The molecule has 0 unspecified atom stereocenters. The quantitative estimate of drug-likeness (QED) is 0.595. The van der Waals surface area contributed by atoms with E-state index in [1.807, 2.05) is 4.90 Å². The van der Waals surface area contributed by atoms with Crippen LogP contribution >= 0.6 is 0 Å². The maximum Gasteiger partial charge on any atom is 0.317 e. The molecule has 0 atom stereocenters. The zero-order chi connectivity index (χ0) is 10.2. The van der Waals surface area contributed by atoms with Crippen molar-refractivity contribution in [3.05, 3.63) is 0 Å². The van der Waals surface area contributed by atoms with E-state index < -0.39 is 0 Å². The Morgan fingerprint density at radius 3 is 2.93 bits per heavy atom. The second-order valence-corrected chi connectivity index (χ2v) is 3.68. The summed E-state index contributed by atoms with van der Waals surface area (Å²) in [4.78, 5) is 13.0. The van der Waals surface area contributed by atoms with Crippen molar-refractivity contribution in [2.45, 2.75) is 26.2 Å². The van der Waals surface area contributed by atoms with Crippen molar-refractivity contribution in [2.75, 3.05) is 32.7 Å². The first kappa shape index (κ1) is 11.3. The van der Waals surface area contributed by atoms with Crippen LogP contribution in [0.2, 0.25) is 0 Å². The largest absolute Gasteiger partial charge is 0.336 e. The smallest absolute Gasteiger partial charge is 0.317 e. The topological polar surface area (TPSA) is 44.4 Å². The third kappa shape index (κ3) is 3.96. The van der Waals surface area contributed by atoms with Gasteiger partial charge in [0.15, 0.2) is 0 Å². The molecule has 0 aromatic carbocycles. The third-order valence-corrected chi connectivity index (χ3v) is 2.46. The monoisotopic (exact) mass is 199 g/mol. The number of amides is 2. The summed E-state index contributed by atoms with van der Waals surface area (Å²) >= 11 is 0. The van der Waals surface area contributed by atoms with Crippen molar-refractivity contribution in [1.29, 1.82) is 0 Å². The van der Waals surface area contributed by atoms with Crippen molar-refractivity contribution in [3.63, 3.8) is 0 Å². The van der Waals surface area contributed by atoms with Gasteiger partial charge in [0.05, 0.1) is 0 Å². The standard InChI is InChI=1S/C10H21N3O/c1-2-3-4-5-11-6-8-13-9-7-12-10(13)14/h11H,2-9H2,1H3,(H,12,14). The summed E-state index contributed by atoms with van der Waals surface area (Å²) in [5.41, 5.74) is 0. The summed E-state index contributed by atoms with van der Waals surface area (Å²) in [5, 5.41) is 6.14. The van der Waals surface area contributed by atoms with Gasteiger partial charge in [-0.3, -0.25) is 0 Å². The van der Waals surface area contributed by atoms with Crippen LogP contribution in [0, 0.1) is 0 Å². The fourth-order valence-electron chi connectivity index (χ4n) is 1.56. The lowest BCUT2D eigenvalue weighted by Crippen LogP contribution is -2.34. The van der Waals surface area contributed by atoms with Crippen molar-refractivity contribution in [2.24, 2.45) is 0 Å². The molecule has 1 saturated heterocycles. The highest BCUT2D eigenvalue weighted by atomic mass is 16.2. The van der Waals surface area contributed by atoms with E-state index in [1.54, 1.807) is 0 Å². The molecule has 2 N–H and O–H groups in total. The molecule has 4 nitrogen and oxygen atoms in total. The highest BCUT2D eigenvalue weighted by Crippen LogP contribution is 1.95. The van der Waals surface area contributed by atoms with E-state index >= 15 is 0 Å². The van der Waals surface area contributed by atoms with Crippen LogP contribution in [0.4, 0.5) is 4.79 Å². The Morgan fingerprint density at radius 2 is 2.29 bits per heavy atom. The van der Waals surface area contributed by atoms with Crippen LogP contribution in [0.1, 0.15) is 26.2 Å². The summed E-state index contributed by atoms with van der Waals surface area (Å²) in [7, 11) is 0. The van der Waals surface area contributed by atoms with E-state index in [4.69, 9.17) is 0 Å². The van der Waals surface area contributed by atoms with Gasteiger partial charge in [-0.1, -0.05) is 19.8 Å². The molecule has 1 rings (SSSR count). The Labute approximate surface area is 86.0 Å². The molecule has 0 bridgehead atoms. The molecule has 14 heavy (non-hydrogen) atoms. The van der Waals surface area contributed by atoms with Crippen LogP contribution in [0.15, 0.2) is 0 Å². The van der Waals surface area contributed by atoms with E-state index in [2.05, 4.69) is 17.6 Å². The lowest BCUT2D eigenvalue weighted by atomic mass is 10.2. The number of hydrogen-bond donors (Lipinski definition) is 2. The molecule has 82 valence electrons. The number of hydrogen-bond acceptors (Lipinski definition) is 2. The van der Waals surface area contributed by atoms with Crippen LogP contribution in [0.5, 0.6) is 0 Å². The van der Waals surface area contributed by atoms with Crippen LogP contribution in [0.3, 0.4) is 0 Å². The van der Waals surface area contributed by atoms with Crippen molar-refractivity contribution in [1.82, 2.24) is 15.5 Å². The number of rotatable bonds is 7. The Balaban J connectivity index is 1.90. The maximum absolute atomic E-state index is 11.1. The molecule has 1 aliphatic heterocycles. The molecule has 1 heterocycles. The van der Waals surface area contributed by atoms with Crippen LogP contribution < -0.4 is 10.6 Å². The van der Waals surface area contributed by atoms with Gasteiger partial charge in [0.25, 0.3) is 0 Å². The van der Waals surface area contributed by atoms with Crippen LogP contribution in [-0.2, 0) is 0 Å². The Kier molecular flexibility index (Phi) is 5.37. The van der Waals surface area contributed by atoms with Gasteiger partial charge >= 0.3 is 6.03 Å². The average molecular weight is 199 g/mol. The van der Waals surface area contributed by atoms with Gasteiger partial charge in [-0.15, -0.1) is 0 Å². The van der Waals surface area contributed by atoms with E-state index in [9.17, 15) is 4.79 Å². The number of nitrogens with one attached hydrogen (secondary N) is 2. The predicted molar refractivity (Wildman–Crippen MR) is 57.4 cm³/mol. The maximum atomic E-state index is 11.1. The zero-order valence-electron chi connectivity index (χ0n) is 9.01. The molecule has 0 spiro atoms. The third-order valence-electron chi connectivity index (χ3n) is 2.46. The number of urea groups is 1. The number of unbranched alkanes of at least 4 members (excludes halogenated alkanes) is 2. The Bertz CT molecular complexity index is 173. The highest BCUT2D eigenvalue weighted by molar-refractivity contribution is 5.76. The first-order valence-corrected chi connectivity index (χ1v) is 5.58. The van der Waals surface area contributed by atoms with Crippen molar-refractivity contribution < 1.29 is 4.79 Å². The predicted octanol–water partition coefficient (Wildman–Crippen LogP) is 0.791. The van der Waals surface area contributed by atoms with Gasteiger partial charge < -0.3 is 15.5 Å². The molecular formula is C10H21N3O. The SMILES string of the molecule is CCCCCNCCN1CCNC1=O. The Morgan fingerprint density at radius 1 is 1.43 bits per heavy atom. The molecule has 1 fully saturated rings. The van der Waals surface area contributed by atoms with E-state index in [1.165, 1.54) is 19.3 Å². The molecule has 0 aliphatic carbocycles. The number of carbonyl (C=O) groups is 1. The average Bonchev–Trinajstić information content (AvgIpc) is 2.58. The summed E-state index contributed by atoms with van der Waals surface area (Å²) in [5.74, 6) is 0. The number of carbonyl (C=O) groups excluding carboxylic acids is 1. The minimum atomic E-state index is 0.0837. The molecule has 0 radical (unpaired) electrons. The van der Waals surface area contributed by atoms with Crippen LogP contribution in [0.25, 0.3) is 0 Å². The molecule has 0 aromatic rings. The molecule has 0 aromatic heterocycles. The fourth-order valence-corrected chi connectivity index (χ4v) is 1.56. The van der Waals surface area contributed by atoms with Crippen LogP contribution in [-0.4, -0.2) is 43.7 Å². The summed E-state index contributed by atoms with van der Waals surface area (Å²) in [6, 6.07) is 0.0837. The molecule has 1 aliphatic rings. The zero-order valence-corrected chi connectivity index (χ0v) is 9.01. The van der Waals surface area contributed by atoms with Crippen molar-refractivity contribution >= 4 is 6.03 Å². The van der Waals surface area contributed by atoms with Gasteiger partial charge in [0.2, 0.25) is 0 Å². The minimum Gasteiger partial charge on any atom is -0.336 e. The normalized spacial score (nSPS) is 16.1. The second kappa shape index (κ2) is 6.65. The highest BCUT2D eigenvalue weighted by Gasteiger charge is 2.17. The van der Waals surface area contributed by atoms with E-state index in [-0.39, 0.29) is 6.03 Å². The van der Waals surface area contributed by atoms with Gasteiger partial charge in [0, 0.05) is 26.2 Å². The summed E-state index contributed by atoms with van der Waals surface area (Å²) < 4.78 is 0. The van der Waals surface area contributed by atoms with Crippen molar-refractivity contribution in [3.8, 4) is 0 Å². The van der Waals surface area contributed by atoms with E-state index in [0.29, 0.717) is 0 Å². The van der Waals surface area contributed by atoms with Gasteiger partial charge in [0.1, 0.15) is 0 Å². The second-order valence-electron chi connectivity index (χ2n) is 3.68. The first-order chi connectivity index (χ1) is 6.84. The summed E-state index contributed by atoms with van der Waals surface area (Å²) in [6.07, 6.45) is 3.79. The number of nitrogens with zero attached hydrogens (tertiary/aromatic N) is 1. The first-order valence-electron chi connectivity index (χ1n) is 5.58. The van der Waals surface area contributed by atoms with Gasteiger partial charge in [-0.05, 0) is 13.0 Å². The lowest BCUT2D eigenvalue weighted by molar-refractivity contribution is 0.217. The summed E-state index contributed by atoms with van der Waals surface area (Å²) in [6.45, 7) is 6.68. The fraction of sp³-hybridized carbons (Fsp3) is 0.900. The lowest BCUT2D eigenvalue weighted by Gasteiger charge is -2.14. The molecule has 4 heteroatoms. The molecule has 0 saturated carbocycles. The van der Waals surface area contributed by atoms with E-state index in [0.717, 1.165) is 32.7 Å². The van der Waals surface area contributed by atoms with Gasteiger partial charge in [-0.25, -0.2) is 4.79 Å². The van der Waals surface area contributed by atoms with Gasteiger partial charge in [-0.2, -0.15) is 0 Å². The molecular weight excluding hydrogens is 178 g/mol. The Hall–Kier alpha value is -0.770. The minimum absolute atomic E-state index is 0.0837.